The van der Waals surface area contributed by atoms with Gasteiger partial charge in [-0.15, -0.1) is 0 Å². The van der Waals surface area contributed by atoms with E-state index in [-0.39, 0.29) is 18.2 Å². The molecule has 5 aromatic rings. The molecular formula is C33H35N5O3. The second-order valence-electron chi connectivity index (χ2n) is 11.6. The van der Waals surface area contributed by atoms with Gasteiger partial charge in [-0.3, -0.25) is 0 Å². The van der Waals surface area contributed by atoms with E-state index in [2.05, 4.69) is 68.5 Å². The van der Waals surface area contributed by atoms with Crippen LogP contribution in [0.15, 0.2) is 79.4 Å². The fourth-order valence-electron chi connectivity index (χ4n) is 6.48. The van der Waals surface area contributed by atoms with Gasteiger partial charge in [0.25, 0.3) is 0 Å². The Morgan fingerprint density at radius 1 is 0.976 bits per heavy atom. The minimum absolute atomic E-state index is 0.00169. The van der Waals surface area contributed by atoms with E-state index < -0.39 is 5.79 Å². The van der Waals surface area contributed by atoms with Gasteiger partial charge in [-0.2, -0.15) is 0 Å². The van der Waals surface area contributed by atoms with Crippen LogP contribution in [0.25, 0.3) is 21.9 Å². The Labute approximate surface area is 239 Å². The molecule has 4 atom stereocenters. The maximum absolute atomic E-state index is 6.48. The molecule has 210 valence electrons. The molecule has 2 aromatic carbocycles. The van der Waals surface area contributed by atoms with Gasteiger partial charge < -0.3 is 24.1 Å². The quantitative estimate of drug-likeness (QED) is 0.243. The Morgan fingerprint density at radius 3 is 2.63 bits per heavy atom. The summed E-state index contributed by atoms with van der Waals surface area (Å²) in [5, 5.41) is 5.64. The summed E-state index contributed by atoms with van der Waals surface area (Å²) in [5.41, 5.74) is 4.42. The predicted octanol–water partition coefficient (Wildman–Crippen LogP) is 6.31. The van der Waals surface area contributed by atoms with Crippen LogP contribution in [0.4, 0.5) is 5.82 Å². The Balaban J connectivity index is 1.06. The standard InChI is InChI=1S/C33H35N5O3/c1-33(2)40-30-24(17-28(31(30)41-33)38-15-14-25-19-34-20-36-32(25)38)9-5-21-4-8-23-10-13-29(37-27(23)16-21)35-18-22-6-11-26(39-3)12-7-22/h4,6-8,10-16,19-20,24,28,30-31H,5,9,17-18H2,1-3H3,(H,35,37)/t24-,28+,30+,31-/m0/s1. The molecule has 4 heterocycles. The molecule has 0 bridgehead atoms. The van der Waals surface area contributed by atoms with Crippen LogP contribution < -0.4 is 10.1 Å². The number of aromatic nitrogens is 4. The highest BCUT2D eigenvalue weighted by atomic mass is 16.8. The predicted molar refractivity (Wildman–Crippen MR) is 159 cm³/mol. The number of anilines is 1. The molecule has 0 spiro atoms. The number of hydrogen-bond acceptors (Lipinski definition) is 7. The lowest BCUT2D eigenvalue weighted by atomic mass is 9.95. The number of ether oxygens (including phenoxy) is 3. The van der Waals surface area contributed by atoms with Crippen LogP contribution in [0.2, 0.25) is 0 Å². The molecule has 8 nitrogen and oxygen atoms in total. The minimum atomic E-state index is -0.591. The van der Waals surface area contributed by atoms with Gasteiger partial charge in [-0.1, -0.05) is 24.3 Å². The van der Waals surface area contributed by atoms with Gasteiger partial charge in [0.2, 0.25) is 0 Å². The van der Waals surface area contributed by atoms with Crippen molar-refractivity contribution in [2.24, 2.45) is 5.92 Å². The molecule has 2 aliphatic rings. The van der Waals surface area contributed by atoms with Crippen LogP contribution in [0.3, 0.4) is 0 Å². The summed E-state index contributed by atoms with van der Waals surface area (Å²) in [7, 11) is 1.68. The monoisotopic (exact) mass is 549 g/mol. The SMILES string of the molecule is COc1ccc(CNc2ccc3ccc(CC[C@H]4C[C@@H](n5ccc6cncnc65)[C@@H]5OC(C)(C)O[C@H]45)cc3n2)cc1. The topological polar surface area (TPSA) is 83.3 Å². The second kappa shape index (κ2) is 10.4. The first-order valence-corrected chi connectivity index (χ1v) is 14.3. The molecule has 1 aliphatic heterocycles. The van der Waals surface area contributed by atoms with E-state index in [9.17, 15) is 0 Å². The summed E-state index contributed by atoms with van der Waals surface area (Å²) >= 11 is 0. The molecular weight excluding hydrogens is 514 g/mol. The number of pyridine rings is 1. The van der Waals surface area contributed by atoms with Crippen molar-refractivity contribution >= 4 is 27.8 Å². The first-order valence-electron chi connectivity index (χ1n) is 14.3. The van der Waals surface area contributed by atoms with Gasteiger partial charge in [0, 0.05) is 29.7 Å². The molecule has 1 aliphatic carbocycles. The number of rotatable bonds is 8. The zero-order valence-corrected chi connectivity index (χ0v) is 23.7. The fraction of sp³-hybridized carbons (Fsp3) is 0.364. The van der Waals surface area contributed by atoms with Gasteiger partial charge in [-0.05, 0) is 86.6 Å². The Kier molecular flexibility index (Phi) is 6.60. The van der Waals surface area contributed by atoms with E-state index in [0.717, 1.165) is 52.8 Å². The third kappa shape index (κ3) is 5.13. The first-order chi connectivity index (χ1) is 20.0. The average molecular weight is 550 g/mol. The maximum atomic E-state index is 6.48. The van der Waals surface area contributed by atoms with Crippen LogP contribution in [-0.2, 0) is 22.4 Å². The normalized spacial score (nSPS) is 23.2. The summed E-state index contributed by atoms with van der Waals surface area (Å²) in [6, 6.07) is 21.1. The lowest BCUT2D eigenvalue weighted by molar-refractivity contribution is -0.160. The molecule has 2 fully saturated rings. The Hall–Kier alpha value is -4.01. The summed E-state index contributed by atoms with van der Waals surface area (Å²) < 4.78 is 20.5. The van der Waals surface area contributed by atoms with Crippen LogP contribution in [0, 0.1) is 5.92 Å². The number of benzene rings is 2. The third-order valence-electron chi connectivity index (χ3n) is 8.48. The number of fused-ring (bicyclic) bond motifs is 3. The van der Waals surface area contributed by atoms with Gasteiger partial charge in [-0.25, -0.2) is 15.0 Å². The lowest BCUT2D eigenvalue weighted by Gasteiger charge is -2.24. The highest BCUT2D eigenvalue weighted by Crippen LogP contribution is 2.49. The molecule has 41 heavy (non-hydrogen) atoms. The molecule has 1 saturated heterocycles. The number of nitrogens with zero attached hydrogens (tertiary/aromatic N) is 4. The Morgan fingerprint density at radius 2 is 1.78 bits per heavy atom. The van der Waals surface area contributed by atoms with Crippen molar-refractivity contribution in [3.8, 4) is 5.75 Å². The van der Waals surface area contributed by atoms with Crippen molar-refractivity contribution in [2.45, 2.75) is 63.7 Å². The van der Waals surface area contributed by atoms with Crippen LogP contribution in [0.5, 0.6) is 5.75 Å². The largest absolute Gasteiger partial charge is 0.497 e. The van der Waals surface area contributed by atoms with Crippen molar-refractivity contribution in [2.75, 3.05) is 12.4 Å². The van der Waals surface area contributed by atoms with E-state index in [0.29, 0.717) is 12.5 Å². The number of methoxy groups -OCH3 is 1. The van der Waals surface area contributed by atoms with Gasteiger partial charge in [0.15, 0.2) is 5.79 Å². The van der Waals surface area contributed by atoms with E-state index in [4.69, 9.17) is 19.2 Å². The minimum Gasteiger partial charge on any atom is -0.497 e. The number of hydrogen-bond donors (Lipinski definition) is 1. The van der Waals surface area contributed by atoms with Crippen molar-refractivity contribution in [3.05, 3.63) is 90.5 Å². The van der Waals surface area contributed by atoms with E-state index in [1.807, 2.05) is 38.2 Å². The average Bonchev–Trinajstić information content (AvgIpc) is 3.65. The molecule has 3 aromatic heterocycles. The summed E-state index contributed by atoms with van der Waals surface area (Å²) in [5.74, 6) is 1.52. The van der Waals surface area contributed by atoms with E-state index >= 15 is 0 Å². The van der Waals surface area contributed by atoms with Crippen LogP contribution in [-0.4, -0.2) is 44.6 Å². The summed E-state index contributed by atoms with van der Waals surface area (Å²) in [4.78, 5) is 13.7. The third-order valence-corrected chi connectivity index (χ3v) is 8.48. The second-order valence-corrected chi connectivity index (χ2v) is 11.6. The van der Waals surface area contributed by atoms with Crippen molar-refractivity contribution in [1.29, 1.82) is 0 Å². The number of aryl methyl sites for hydroxylation is 1. The van der Waals surface area contributed by atoms with Gasteiger partial charge in [0.05, 0.1) is 24.8 Å². The first kappa shape index (κ1) is 25.9. The fourth-order valence-corrected chi connectivity index (χ4v) is 6.48. The Bertz CT molecular complexity index is 1680. The van der Waals surface area contributed by atoms with Crippen LogP contribution in [0.1, 0.15) is 43.9 Å². The van der Waals surface area contributed by atoms with Gasteiger partial charge in [0.1, 0.15) is 29.6 Å². The van der Waals surface area contributed by atoms with Gasteiger partial charge >= 0.3 is 0 Å². The summed E-state index contributed by atoms with van der Waals surface area (Å²) in [6.45, 7) is 4.74. The lowest BCUT2D eigenvalue weighted by Crippen LogP contribution is -2.27. The summed E-state index contributed by atoms with van der Waals surface area (Å²) in [6.07, 6.45) is 8.63. The van der Waals surface area contributed by atoms with Crippen molar-refractivity contribution in [1.82, 2.24) is 19.5 Å². The van der Waals surface area contributed by atoms with Crippen LogP contribution >= 0.6 is 0 Å². The van der Waals surface area contributed by atoms with Crippen molar-refractivity contribution in [3.63, 3.8) is 0 Å². The molecule has 0 amide bonds. The molecule has 8 heteroatoms. The zero-order chi connectivity index (χ0) is 28.0. The molecule has 0 radical (unpaired) electrons. The van der Waals surface area contributed by atoms with E-state index in [1.54, 1.807) is 13.4 Å². The number of nitrogens with one attached hydrogen (secondary N) is 1. The molecule has 1 saturated carbocycles. The molecule has 1 N–H and O–H groups in total. The molecule has 0 unspecified atom stereocenters. The highest BCUT2D eigenvalue weighted by molar-refractivity contribution is 5.81. The molecule has 7 rings (SSSR count). The van der Waals surface area contributed by atoms with E-state index in [1.165, 1.54) is 11.1 Å². The smallest absolute Gasteiger partial charge is 0.163 e. The highest BCUT2D eigenvalue weighted by Gasteiger charge is 2.54. The zero-order valence-electron chi connectivity index (χ0n) is 23.7. The maximum Gasteiger partial charge on any atom is 0.163 e. The van der Waals surface area contributed by atoms with Crippen molar-refractivity contribution < 1.29 is 14.2 Å².